The van der Waals surface area contributed by atoms with Gasteiger partial charge in [-0.05, 0) is 19.1 Å². The fraction of sp³-hybridized carbons (Fsp3) is 0.0833. The molecule has 0 fully saturated rings. The quantitative estimate of drug-likeness (QED) is 0.810. The number of carbonyl (C=O) groups excluding carboxylic acids is 1. The van der Waals surface area contributed by atoms with Crippen molar-refractivity contribution in [2.24, 2.45) is 5.73 Å². The summed E-state index contributed by atoms with van der Waals surface area (Å²) in [5, 5.41) is 0. The Morgan fingerprint density at radius 1 is 1.13 bits per heavy atom. The van der Waals surface area contributed by atoms with Crippen molar-refractivity contribution in [2.45, 2.75) is 6.92 Å². The first-order valence-electron chi connectivity index (χ1n) is 4.63. The molecule has 0 spiro atoms. The second kappa shape index (κ2) is 3.61. The van der Waals surface area contributed by atoms with Gasteiger partial charge in [-0.15, -0.1) is 0 Å². The molecule has 1 aromatic carbocycles. The van der Waals surface area contributed by atoms with Gasteiger partial charge in [-0.1, -0.05) is 29.8 Å². The van der Waals surface area contributed by atoms with Crippen molar-refractivity contribution in [1.29, 1.82) is 0 Å². The zero-order chi connectivity index (χ0) is 10.8. The lowest BCUT2D eigenvalue weighted by atomic mass is 10.1. The molecule has 0 aliphatic carbocycles. The minimum absolute atomic E-state index is 0.186. The number of rotatable bonds is 2. The summed E-state index contributed by atoms with van der Waals surface area (Å²) in [4.78, 5) is 10.8. The molecule has 2 N–H and O–H groups in total. The topological polar surface area (TPSA) is 56.2 Å². The highest BCUT2D eigenvalue weighted by Crippen LogP contribution is 2.22. The zero-order valence-corrected chi connectivity index (χ0v) is 8.36. The molecular weight excluding hydrogens is 190 g/mol. The molecule has 3 nitrogen and oxygen atoms in total. The Bertz CT molecular complexity index is 483. The Labute approximate surface area is 87.5 Å². The van der Waals surface area contributed by atoms with Crippen LogP contribution >= 0.6 is 0 Å². The number of nitrogens with two attached hydrogens (primary N) is 1. The molecule has 0 radical (unpaired) electrons. The molecule has 1 amide bonds. The summed E-state index contributed by atoms with van der Waals surface area (Å²) in [6, 6.07) is 11.2. The second-order valence-corrected chi connectivity index (χ2v) is 3.39. The van der Waals surface area contributed by atoms with Crippen LogP contribution in [0.3, 0.4) is 0 Å². The van der Waals surface area contributed by atoms with Crippen LogP contribution in [0.2, 0.25) is 0 Å². The van der Waals surface area contributed by atoms with Gasteiger partial charge in [0.15, 0.2) is 5.76 Å². The van der Waals surface area contributed by atoms with E-state index in [1.807, 2.05) is 31.2 Å². The maximum atomic E-state index is 10.8. The van der Waals surface area contributed by atoms with E-state index in [1.165, 1.54) is 5.56 Å². The van der Waals surface area contributed by atoms with E-state index >= 15 is 0 Å². The molecule has 0 saturated heterocycles. The Balaban J connectivity index is 2.37. The molecule has 2 rings (SSSR count). The first-order chi connectivity index (χ1) is 7.16. The van der Waals surface area contributed by atoms with E-state index in [2.05, 4.69) is 0 Å². The van der Waals surface area contributed by atoms with E-state index in [1.54, 1.807) is 12.1 Å². The number of hydrogen-bond acceptors (Lipinski definition) is 2. The molecular formula is C12H11NO2. The third kappa shape index (κ3) is 1.91. The summed E-state index contributed by atoms with van der Waals surface area (Å²) < 4.78 is 5.30. The Kier molecular flexibility index (Phi) is 2.29. The molecule has 0 unspecified atom stereocenters. The van der Waals surface area contributed by atoms with Crippen LogP contribution in [0.1, 0.15) is 16.1 Å². The number of benzene rings is 1. The van der Waals surface area contributed by atoms with Gasteiger partial charge >= 0.3 is 0 Å². The number of furan rings is 1. The molecule has 0 atom stereocenters. The number of primary amides is 1. The molecule has 1 aromatic heterocycles. The summed E-state index contributed by atoms with van der Waals surface area (Å²) in [7, 11) is 0. The molecule has 0 saturated carbocycles. The summed E-state index contributed by atoms with van der Waals surface area (Å²) >= 11 is 0. The highest BCUT2D eigenvalue weighted by molar-refractivity contribution is 5.90. The van der Waals surface area contributed by atoms with Gasteiger partial charge in [0, 0.05) is 5.56 Å². The number of carbonyl (C=O) groups is 1. The Morgan fingerprint density at radius 2 is 1.80 bits per heavy atom. The van der Waals surface area contributed by atoms with Crippen LogP contribution in [0.4, 0.5) is 0 Å². The Hall–Kier alpha value is -2.03. The molecule has 15 heavy (non-hydrogen) atoms. The normalized spacial score (nSPS) is 10.2. The summed E-state index contributed by atoms with van der Waals surface area (Å²) in [6.07, 6.45) is 0. The maximum Gasteiger partial charge on any atom is 0.284 e. The van der Waals surface area contributed by atoms with Gasteiger partial charge in [-0.2, -0.15) is 0 Å². The van der Waals surface area contributed by atoms with Crippen molar-refractivity contribution in [3.05, 3.63) is 47.7 Å². The van der Waals surface area contributed by atoms with E-state index in [4.69, 9.17) is 10.2 Å². The van der Waals surface area contributed by atoms with Crippen molar-refractivity contribution in [1.82, 2.24) is 0 Å². The van der Waals surface area contributed by atoms with Crippen LogP contribution in [0.15, 0.2) is 40.8 Å². The lowest BCUT2D eigenvalue weighted by Gasteiger charge is -1.97. The van der Waals surface area contributed by atoms with Crippen molar-refractivity contribution in [2.75, 3.05) is 0 Å². The molecule has 1 heterocycles. The minimum Gasteiger partial charge on any atom is -0.451 e. The van der Waals surface area contributed by atoms with Gasteiger partial charge in [0.05, 0.1) is 0 Å². The fourth-order valence-corrected chi connectivity index (χ4v) is 1.34. The van der Waals surface area contributed by atoms with E-state index in [0.29, 0.717) is 5.76 Å². The monoisotopic (exact) mass is 201 g/mol. The average Bonchev–Trinajstić information content (AvgIpc) is 2.68. The van der Waals surface area contributed by atoms with Crippen LogP contribution in [-0.2, 0) is 0 Å². The first kappa shape index (κ1) is 9.52. The van der Waals surface area contributed by atoms with E-state index in [9.17, 15) is 4.79 Å². The maximum absolute atomic E-state index is 10.8. The van der Waals surface area contributed by atoms with Gasteiger partial charge in [0.25, 0.3) is 5.91 Å². The summed E-state index contributed by atoms with van der Waals surface area (Å²) in [6.45, 7) is 2.01. The molecule has 76 valence electrons. The minimum atomic E-state index is -0.548. The molecule has 0 bridgehead atoms. The number of amides is 1. The second-order valence-electron chi connectivity index (χ2n) is 3.39. The van der Waals surface area contributed by atoms with Crippen molar-refractivity contribution in [3.63, 3.8) is 0 Å². The molecule has 3 heteroatoms. The first-order valence-corrected chi connectivity index (χ1v) is 4.63. The Morgan fingerprint density at radius 3 is 2.33 bits per heavy atom. The van der Waals surface area contributed by atoms with Gasteiger partial charge in [-0.3, -0.25) is 4.79 Å². The van der Waals surface area contributed by atoms with Crippen LogP contribution in [0.5, 0.6) is 0 Å². The fourth-order valence-electron chi connectivity index (χ4n) is 1.34. The van der Waals surface area contributed by atoms with Crippen LogP contribution in [0, 0.1) is 6.92 Å². The average molecular weight is 201 g/mol. The van der Waals surface area contributed by atoms with Crippen LogP contribution in [0.25, 0.3) is 11.3 Å². The van der Waals surface area contributed by atoms with E-state index in [-0.39, 0.29) is 5.76 Å². The van der Waals surface area contributed by atoms with E-state index < -0.39 is 5.91 Å². The molecule has 2 aromatic rings. The lowest BCUT2D eigenvalue weighted by Crippen LogP contribution is -2.09. The van der Waals surface area contributed by atoms with Crippen molar-refractivity contribution >= 4 is 5.91 Å². The van der Waals surface area contributed by atoms with Gasteiger partial charge < -0.3 is 10.2 Å². The zero-order valence-electron chi connectivity index (χ0n) is 8.36. The smallest absolute Gasteiger partial charge is 0.284 e. The molecule has 0 aliphatic rings. The van der Waals surface area contributed by atoms with Crippen molar-refractivity contribution in [3.8, 4) is 11.3 Å². The molecule has 0 aliphatic heterocycles. The highest BCUT2D eigenvalue weighted by Gasteiger charge is 2.07. The lowest BCUT2D eigenvalue weighted by molar-refractivity contribution is 0.0974. The van der Waals surface area contributed by atoms with Crippen LogP contribution < -0.4 is 5.73 Å². The van der Waals surface area contributed by atoms with Gasteiger partial charge in [0.1, 0.15) is 5.76 Å². The predicted octanol–water partition coefficient (Wildman–Crippen LogP) is 2.35. The van der Waals surface area contributed by atoms with Crippen LogP contribution in [-0.4, -0.2) is 5.91 Å². The third-order valence-electron chi connectivity index (χ3n) is 2.18. The standard InChI is InChI=1S/C12H11NO2/c1-8-2-4-9(5-3-8)10-6-7-11(15-10)12(13)14/h2-7H,1H3,(H2,13,14). The van der Waals surface area contributed by atoms with Gasteiger partial charge in [-0.25, -0.2) is 0 Å². The highest BCUT2D eigenvalue weighted by atomic mass is 16.3. The van der Waals surface area contributed by atoms with Gasteiger partial charge in [0.2, 0.25) is 0 Å². The summed E-state index contributed by atoms with van der Waals surface area (Å²) in [5.41, 5.74) is 7.22. The third-order valence-corrected chi connectivity index (χ3v) is 2.18. The SMILES string of the molecule is Cc1ccc(-c2ccc(C(N)=O)o2)cc1. The number of hydrogen-bond donors (Lipinski definition) is 1. The largest absolute Gasteiger partial charge is 0.451 e. The number of aryl methyl sites for hydroxylation is 1. The van der Waals surface area contributed by atoms with E-state index in [0.717, 1.165) is 5.56 Å². The predicted molar refractivity (Wildman–Crippen MR) is 57.4 cm³/mol. The summed E-state index contributed by atoms with van der Waals surface area (Å²) in [5.74, 6) is 0.294. The van der Waals surface area contributed by atoms with Crippen molar-refractivity contribution < 1.29 is 9.21 Å².